The standard InChI is InChI=1S/C11H12N4O3S/c1-2-18-11(16)10(14-17)9-4-3-8(19-9)7-15-12-5-6-13-15/h3-6,10H,2,7H2,1H3. The van der Waals surface area contributed by atoms with Gasteiger partial charge in [0.05, 0.1) is 25.5 Å². The zero-order chi connectivity index (χ0) is 13.7. The molecule has 0 saturated heterocycles. The van der Waals surface area contributed by atoms with Crippen LogP contribution in [0.1, 0.15) is 22.7 Å². The highest BCUT2D eigenvalue weighted by Crippen LogP contribution is 2.27. The summed E-state index contributed by atoms with van der Waals surface area (Å²) in [4.78, 5) is 25.4. The number of carbonyl (C=O) groups excluding carboxylic acids is 1. The van der Waals surface area contributed by atoms with Crippen LogP contribution in [-0.4, -0.2) is 27.6 Å². The second-order valence-corrected chi connectivity index (χ2v) is 4.82. The second-order valence-electron chi connectivity index (χ2n) is 3.62. The maximum absolute atomic E-state index is 11.6. The summed E-state index contributed by atoms with van der Waals surface area (Å²) in [7, 11) is 0. The van der Waals surface area contributed by atoms with Gasteiger partial charge in [0.2, 0.25) is 6.04 Å². The molecule has 0 fully saturated rings. The van der Waals surface area contributed by atoms with E-state index in [0.29, 0.717) is 11.4 Å². The molecule has 0 amide bonds. The SMILES string of the molecule is CCOC(=O)C(N=O)c1ccc(Cn2nccn2)s1. The lowest BCUT2D eigenvalue weighted by Crippen LogP contribution is -2.12. The molecule has 0 spiro atoms. The Kier molecular flexibility index (Phi) is 4.35. The van der Waals surface area contributed by atoms with E-state index < -0.39 is 12.0 Å². The number of hydrogen-bond acceptors (Lipinski definition) is 7. The van der Waals surface area contributed by atoms with Gasteiger partial charge in [-0.3, -0.25) is 0 Å². The van der Waals surface area contributed by atoms with Gasteiger partial charge in [-0.1, -0.05) is 0 Å². The maximum atomic E-state index is 11.6. The van der Waals surface area contributed by atoms with Gasteiger partial charge in [0, 0.05) is 9.75 Å². The molecular weight excluding hydrogens is 268 g/mol. The highest BCUT2D eigenvalue weighted by molar-refractivity contribution is 7.12. The van der Waals surface area contributed by atoms with Gasteiger partial charge in [0.1, 0.15) is 0 Å². The van der Waals surface area contributed by atoms with Crippen molar-refractivity contribution in [2.75, 3.05) is 6.61 Å². The summed E-state index contributed by atoms with van der Waals surface area (Å²) in [5.74, 6) is -0.622. The minimum atomic E-state index is -1.09. The first-order chi connectivity index (χ1) is 9.24. The average Bonchev–Trinajstić information content (AvgIpc) is 3.03. The molecule has 2 aromatic heterocycles. The molecule has 0 aliphatic heterocycles. The molecule has 0 bridgehead atoms. The summed E-state index contributed by atoms with van der Waals surface area (Å²) >= 11 is 1.32. The molecule has 0 N–H and O–H groups in total. The third-order valence-electron chi connectivity index (χ3n) is 2.33. The molecule has 0 radical (unpaired) electrons. The van der Waals surface area contributed by atoms with E-state index in [0.717, 1.165) is 4.88 Å². The Morgan fingerprint density at radius 2 is 2.21 bits per heavy atom. The molecule has 0 aliphatic carbocycles. The van der Waals surface area contributed by atoms with Crippen LogP contribution in [-0.2, 0) is 16.1 Å². The average molecular weight is 280 g/mol. The van der Waals surface area contributed by atoms with Crippen LogP contribution in [0.5, 0.6) is 0 Å². The Balaban J connectivity index is 2.10. The zero-order valence-corrected chi connectivity index (χ0v) is 11.0. The Morgan fingerprint density at radius 3 is 2.84 bits per heavy atom. The molecule has 8 heteroatoms. The van der Waals surface area contributed by atoms with Gasteiger partial charge >= 0.3 is 5.97 Å². The molecule has 2 heterocycles. The van der Waals surface area contributed by atoms with Crippen LogP contribution in [0.15, 0.2) is 29.7 Å². The number of esters is 1. The van der Waals surface area contributed by atoms with E-state index in [4.69, 9.17) is 4.74 Å². The Bertz CT molecular complexity index is 552. The summed E-state index contributed by atoms with van der Waals surface area (Å²) in [6.45, 7) is 2.40. The van der Waals surface area contributed by atoms with Crippen LogP contribution >= 0.6 is 11.3 Å². The van der Waals surface area contributed by atoms with E-state index in [9.17, 15) is 9.70 Å². The van der Waals surface area contributed by atoms with E-state index in [2.05, 4.69) is 15.4 Å². The lowest BCUT2D eigenvalue weighted by molar-refractivity contribution is -0.144. The van der Waals surface area contributed by atoms with Gasteiger partial charge in [-0.05, 0) is 24.2 Å². The van der Waals surface area contributed by atoms with Crippen molar-refractivity contribution in [2.45, 2.75) is 19.5 Å². The van der Waals surface area contributed by atoms with Crippen LogP contribution < -0.4 is 0 Å². The summed E-state index contributed by atoms with van der Waals surface area (Å²) in [6.07, 6.45) is 3.17. The number of nitrogens with zero attached hydrogens (tertiary/aromatic N) is 4. The molecule has 0 aromatic carbocycles. The molecule has 0 saturated carbocycles. The fourth-order valence-electron chi connectivity index (χ4n) is 1.52. The normalized spacial score (nSPS) is 12.1. The fourth-order valence-corrected chi connectivity index (χ4v) is 2.53. The van der Waals surface area contributed by atoms with E-state index in [1.54, 1.807) is 25.4 Å². The minimum Gasteiger partial charge on any atom is -0.464 e. The third kappa shape index (κ3) is 3.22. The predicted molar refractivity (Wildman–Crippen MR) is 68.6 cm³/mol. The van der Waals surface area contributed by atoms with E-state index in [1.807, 2.05) is 6.07 Å². The number of nitroso groups, excluding NO2 is 1. The summed E-state index contributed by atoms with van der Waals surface area (Å²) in [5, 5.41) is 10.8. The van der Waals surface area contributed by atoms with Crippen LogP contribution in [0.25, 0.3) is 0 Å². The van der Waals surface area contributed by atoms with Crippen LogP contribution in [0.4, 0.5) is 0 Å². The molecule has 1 unspecified atom stereocenters. The van der Waals surface area contributed by atoms with Crippen molar-refractivity contribution in [3.05, 3.63) is 39.2 Å². The topological polar surface area (TPSA) is 86.4 Å². The van der Waals surface area contributed by atoms with Gasteiger partial charge < -0.3 is 4.74 Å². The van der Waals surface area contributed by atoms with Crippen LogP contribution in [0, 0.1) is 4.91 Å². The van der Waals surface area contributed by atoms with Crippen molar-refractivity contribution in [1.29, 1.82) is 0 Å². The molecule has 0 aliphatic rings. The van der Waals surface area contributed by atoms with Crippen molar-refractivity contribution in [1.82, 2.24) is 15.0 Å². The molecule has 19 heavy (non-hydrogen) atoms. The zero-order valence-electron chi connectivity index (χ0n) is 10.2. The Hall–Kier alpha value is -2.09. The van der Waals surface area contributed by atoms with E-state index in [1.165, 1.54) is 16.1 Å². The predicted octanol–water partition coefficient (Wildman–Crippen LogP) is 1.76. The third-order valence-corrected chi connectivity index (χ3v) is 3.45. The smallest absolute Gasteiger partial charge is 0.340 e. The van der Waals surface area contributed by atoms with Gasteiger partial charge in [-0.15, -0.1) is 16.2 Å². The van der Waals surface area contributed by atoms with E-state index in [-0.39, 0.29) is 6.61 Å². The highest BCUT2D eigenvalue weighted by Gasteiger charge is 2.24. The fraction of sp³-hybridized carbons (Fsp3) is 0.364. The van der Waals surface area contributed by atoms with Gasteiger partial charge in [0.25, 0.3) is 0 Å². The number of carbonyl (C=O) groups is 1. The van der Waals surface area contributed by atoms with Crippen LogP contribution in [0.3, 0.4) is 0 Å². The van der Waals surface area contributed by atoms with Crippen molar-refractivity contribution < 1.29 is 9.53 Å². The first-order valence-corrected chi connectivity index (χ1v) is 6.48. The van der Waals surface area contributed by atoms with Gasteiger partial charge in [-0.25, -0.2) is 4.79 Å². The molecule has 1 atom stereocenters. The summed E-state index contributed by atoms with van der Waals surface area (Å²) < 4.78 is 4.81. The highest BCUT2D eigenvalue weighted by atomic mass is 32.1. The monoisotopic (exact) mass is 280 g/mol. The maximum Gasteiger partial charge on any atom is 0.340 e. The molecule has 100 valence electrons. The Morgan fingerprint density at radius 1 is 1.47 bits per heavy atom. The number of hydrogen-bond donors (Lipinski definition) is 0. The number of rotatable bonds is 6. The second kappa shape index (κ2) is 6.19. The first-order valence-electron chi connectivity index (χ1n) is 5.66. The van der Waals surface area contributed by atoms with Crippen molar-refractivity contribution in [2.24, 2.45) is 5.18 Å². The van der Waals surface area contributed by atoms with E-state index >= 15 is 0 Å². The van der Waals surface area contributed by atoms with Crippen molar-refractivity contribution >= 4 is 17.3 Å². The quantitative estimate of drug-likeness (QED) is 0.594. The van der Waals surface area contributed by atoms with Crippen molar-refractivity contribution in [3.63, 3.8) is 0 Å². The number of aromatic nitrogens is 3. The van der Waals surface area contributed by atoms with Crippen LogP contribution in [0.2, 0.25) is 0 Å². The lowest BCUT2D eigenvalue weighted by atomic mass is 10.2. The number of thiophene rings is 1. The largest absolute Gasteiger partial charge is 0.464 e. The molecule has 2 rings (SSSR count). The van der Waals surface area contributed by atoms with Crippen molar-refractivity contribution in [3.8, 4) is 0 Å². The Labute approximate surface area is 113 Å². The minimum absolute atomic E-state index is 0.223. The lowest BCUT2D eigenvalue weighted by Gasteiger charge is -2.05. The molecular formula is C11H12N4O3S. The number of ether oxygens (including phenoxy) is 1. The molecule has 7 nitrogen and oxygen atoms in total. The first kappa shape index (κ1) is 13.3. The van der Waals surface area contributed by atoms with Gasteiger partial charge in [0.15, 0.2) is 0 Å². The van der Waals surface area contributed by atoms with Gasteiger partial charge in [-0.2, -0.15) is 15.0 Å². The summed E-state index contributed by atoms with van der Waals surface area (Å²) in [6, 6.07) is 2.43. The molecule has 2 aromatic rings. The summed E-state index contributed by atoms with van der Waals surface area (Å²) in [5.41, 5.74) is 0.